The molecule has 0 spiro atoms. The minimum absolute atomic E-state index is 0.119. The molecule has 0 aliphatic heterocycles. The molecule has 8 heteroatoms. The number of thioether (sulfide) groups is 1. The number of carbonyl (C=O) groups is 2. The van der Waals surface area contributed by atoms with Crippen LogP contribution < -0.4 is 5.32 Å². The van der Waals surface area contributed by atoms with Crippen LogP contribution in [0.25, 0.3) is 10.2 Å². The summed E-state index contributed by atoms with van der Waals surface area (Å²) < 4.78 is 5.45. The van der Waals surface area contributed by atoms with Gasteiger partial charge in [0.05, 0.1) is 12.3 Å². The molecule has 3 heterocycles. The third-order valence-electron chi connectivity index (χ3n) is 3.01. The Bertz CT molecular complexity index is 856. The Labute approximate surface area is 140 Å². The van der Waals surface area contributed by atoms with Crippen molar-refractivity contribution in [3.8, 4) is 0 Å². The number of carbonyl (C=O) groups excluding carboxylic acids is 2. The van der Waals surface area contributed by atoms with Gasteiger partial charge in [0.15, 0.2) is 5.76 Å². The van der Waals surface area contributed by atoms with E-state index < -0.39 is 0 Å². The van der Waals surface area contributed by atoms with Crippen LogP contribution in [-0.2, 0) is 11.3 Å². The second kappa shape index (κ2) is 6.93. The molecule has 3 aromatic heterocycles. The van der Waals surface area contributed by atoms with E-state index in [9.17, 15) is 9.59 Å². The normalized spacial score (nSPS) is 10.8. The lowest BCUT2D eigenvalue weighted by molar-refractivity contribution is -0.119. The molecule has 0 saturated carbocycles. The molecule has 3 aromatic rings. The number of nitrogens with zero attached hydrogens (tertiary/aromatic N) is 2. The number of amides is 1. The highest BCUT2D eigenvalue weighted by molar-refractivity contribution is 8.00. The maximum absolute atomic E-state index is 12.2. The van der Waals surface area contributed by atoms with Crippen LogP contribution in [-0.4, -0.2) is 27.4 Å². The molecule has 0 fully saturated rings. The van der Waals surface area contributed by atoms with Gasteiger partial charge in [-0.2, -0.15) is 0 Å². The predicted molar refractivity (Wildman–Crippen MR) is 88.7 cm³/mol. The van der Waals surface area contributed by atoms with Crippen LogP contribution in [0.2, 0.25) is 0 Å². The summed E-state index contributed by atoms with van der Waals surface area (Å²) in [6, 6.07) is 5.26. The molecule has 0 aromatic carbocycles. The Kier molecular flexibility index (Phi) is 4.73. The van der Waals surface area contributed by atoms with Crippen molar-refractivity contribution in [3.63, 3.8) is 0 Å². The third kappa shape index (κ3) is 3.77. The standard InChI is InChI=1S/C15H13N3O3S2/c1-9(19)16-6-10-2-3-13(21-10)12(20)7-23-15-11-4-5-22-14(11)17-8-18-15/h2-5,8H,6-7H2,1H3,(H,16,19). The minimum atomic E-state index is -0.145. The van der Waals surface area contributed by atoms with E-state index in [0.717, 1.165) is 15.2 Å². The molecular formula is C15H13N3O3S2. The van der Waals surface area contributed by atoms with Crippen LogP contribution in [0.4, 0.5) is 0 Å². The Balaban J connectivity index is 1.63. The molecule has 0 aliphatic carbocycles. The number of aromatic nitrogens is 2. The second-order valence-electron chi connectivity index (χ2n) is 4.71. The van der Waals surface area contributed by atoms with E-state index in [2.05, 4.69) is 15.3 Å². The molecule has 1 amide bonds. The number of nitrogens with one attached hydrogen (secondary N) is 1. The SMILES string of the molecule is CC(=O)NCc1ccc(C(=O)CSc2ncnc3sccc23)o1. The molecule has 0 radical (unpaired) electrons. The molecule has 118 valence electrons. The quantitative estimate of drug-likeness (QED) is 0.419. The van der Waals surface area contributed by atoms with E-state index in [1.54, 1.807) is 23.5 Å². The zero-order valence-corrected chi connectivity index (χ0v) is 13.9. The lowest BCUT2D eigenvalue weighted by atomic mass is 10.3. The van der Waals surface area contributed by atoms with Crippen molar-refractivity contribution in [1.29, 1.82) is 0 Å². The predicted octanol–water partition coefficient (Wildman–Crippen LogP) is 2.90. The van der Waals surface area contributed by atoms with E-state index >= 15 is 0 Å². The fourth-order valence-corrected chi connectivity index (χ4v) is 3.57. The first-order valence-corrected chi connectivity index (χ1v) is 8.67. The first-order valence-electron chi connectivity index (χ1n) is 6.81. The topological polar surface area (TPSA) is 85.1 Å². The number of Topliss-reactive ketones (excluding diaryl/α,β-unsaturated/α-hetero) is 1. The first kappa shape index (κ1) is 15.7. The van der Waals surface area contributed by atoms with Crippen molar-refractivity contribution in [2.24, 2.45) is 0 Å². The minimum Gasteiger partial charge on any atom is -0.456 e. The molecule has 0 unspecified atom stereocenters. The fraction of sp³-hybridized carbons (Fsp3) is 0.200. The van der Waals surface area contributed by atoms with Gasteiger partial charge in [0.25, 0.3) is 0 Å². The van der Waals surface area contributed by atoms with Crippen LogP contribution in [0.3, 0.4) is 0 Å². The molecule has 0 bridgehead atoms. The Morgan fingerprint density at radius 1 is 1.30 bits per heavy atom. The molecular weight excluding hydrogens is 334 g/mol. The summed E-state index contributed by atoms with van der Waals surface area (Å²) >= 11 is 2.90. The highest BCUT2D eigenvalue weighted by Crippen LogP contribution is 2.28. The number of hydrogen-bond donors (Lipinski definition) is 1. The van der Waals surface area contributed by atoms with Crippen molar-refractivity contribution in [3.05, 3.63) is 41.4 Å². The van der Waals surface area contributed by atoms with Gasteiger partial charge in [0.1, 0.15) is 21.9 Å². The zero-order valence-electron chi connectivity index (χ0n) is 12.2. The Morgan fingerprint density at radius 2 is 2.17 bits per heavy atom. The summed E-state index contributed by atoms with van der Waals surface area (Å²) in [5.74, 6) is 0.804. The van der Waals surface area contributed by atoms with Crippen LogP contribution in [0.1, 0.15) is 23.2 Å². The van der Waals surface area contributed by atoms with E-state index in [0.29, 0.717) is 5.76 Å². The van der Waals surface area contributed by atoms with E-state index in [1.165, 1.54) is 25.0 Å². The van der Waals surface area contributed by atoms with Gasteiger partial charge in [-0.1, -0.05) is 11.8 Å². The van der Waals surface area contributed by atoms with Gasteiger partial charge in [-0.25, -0.2) is 9.97 Å². The number of rotatable bonds is 6. The second-order valence-corrected chi connectivity index (χ2v) is 6.56. The van der Waals surface area contributed by atoms with Gasteiger partial charge in [-0.15, -0.1) is 11.3 Å². The van der Waals surface area contributed by atoms with Crippen LogP contribution in [0, 0.1) is 0 Å². The molecule has 6 nitrogen and oxygen atoms in total. The van der Waals surface area contributed by atoms with Gasteiger partial charge < -0.3 is 9.73 Å². The summed E-state index contributed by atoms with van der Waals surface area (Å²) in [5, 5.41) is 6.32. The highest BCUT2D eigenvalue weighted by Gasteiger charge is 2.14. The van der Waals surface area contributed by atoms with Gasteiger partial charge in [-0.05, 0) is 23.6 Å². The average Bonchev–Trinajstić information content (AvgIpc) is 3.19. The van der Waals surface area contributed by atoms with E-state index in [-0.39, 0.29) is 29.7 Å². The Morgan fingerprint density at radius 3 is 3.00 bits per heavy atom. The largest absolute Gasteiger partial charge is 0.456 e. The summed E-state index contributed by atoms with van der Waals surface area (Å²) in [6.07, 6.45) is 1.50. The van der Waals surface area contributed by atoms with Crippen LogP contribution >= 0.6 is 23.1 Å². The van der Waals surface area contributed by atoms with Crippen LogP contribution in [0.5, 0.6) is 0 Å². The monoisotopic (exact) mass is 347 g/mol. The summed E-state index contributed by atoms with van der Waals surface area (Å²) in [5.41, 5.74) is 0. The molecule has 23 heavy (non-hydrogen) atoms. The third-order valence-corrected chi connectivity index (χ3v) is 4.84. The van der Waals surface area contributed by atoms with Crippen molar-refractivity contribution in [2.45, 2.75) is 18.5 Å². The van der Waals surface area contributed by atoms with Crippen molar-refractivity contribution < 1.29 is 14.0 Å². The number of fused-ring (bicyclic) bond motifs is 1. The summed E-state index contributed by atoms with van der Waals surface area (Å²) in [4.78, 5) is 32.4. The number of hydrogen-bond acceptors (Lipinski definition) is 7. The maximum atomic E-state index is 12.2. The van der Waals surface area contributed by atoms with Crippen molar-refractivity contribution >= 4 is 45.0 Å². The number of thiophene rings is 1. The molecule has 0 saturated heterocycles. The highest BCUT2D eigenvalue weighted by atomic mass is 32.2. The molecule has 0 aliphatic rings. The molecule has 3 rings (SSSR count). The van der Waals surface area contributed by atoms with Gasteiger partial charge in [0, 0.05) is 12.3 Å². The average molecular weight is 347 g/mol. The van der Waals surface area contributed by atoms with Crippen molar-refractivity contribution in [1.82, 2.24) is 15.3 Å². The zero-order chi connectivity index (χ0) is 16.2. The summed E-state index contributed by atoms with van der Waals surface area (Å²) in [6.45, 7) is 1.70. The van der Waals surface area contributed by atoms with Crippen LogP contribution in [0.15, 0.2) is 39.3 Å². The van der Waals surface area contributed by atoms with E-state index in [4.69, 9.17) is 4.42 Å². The number of furan rings is 1. The van der Waals surface area contributed by atoms with Gasteiger partial charge in [0.2, 0.25) is 11.7 Å². The number of ketones is 1. The smallest absolute Gasteiger partial charge is 0.217 e. The molecule has 1 N–H and O–H groups in total. The summed E-state index contributed by atoms with van der Waals surface area (Å²) in [7, 11) is 0. The van der Waals surface area contributed by atoms with Gasteiger partial charge >= 0.3 is 0 Å². The molecule has 0 atom stereocenters. The first-order chi connectivity index (χ1) is 11.1. The van der Waals surface area contributed by atoms with E-state index in [1.807, 2.05) is 11.4 Å². The lowest BCUT2D eigenvalue weighted by Gasteiger charge is -2.01. The van der Waals surface area contributed by atoms with Crippen molar-refractivity contribution in [2.75, 3.05) is 5.75 Å². The maximum Gasteiger partial charge on any atom is 0.217 e. The lowest BCUT2D eigenvalue weighted by Crippen LogP contribution is -2.18. The van der Waals surface area contributed by atoms with Gasteiger partial charge in [-0.3, -0.25) is 9.59 Å². The fourth-order valence-electron chi connectivity index (χ4n) is 1.92. The Hall–Kier alpha value is -2.19.